The minimum Gasteiger partial charge on any atom is -0.355 e. The van der Waals surface area contributed by atoms with Gasteiger partial charge >= 0.3 is 0 Å². The maximum atomic E-state index is 14.1. The van der Waals surface area contributed by atoms with Crippen LogP contribution in [0.15, 0.2) is 0 Å². The first kappa shape index (κ1) is 46.8. The number of rotatable bonds is 32. The highest BCUT2D eigenvalue weighted by atomic mass is 16.2. The molecule has 0 bridgehead atoms. The van der Waals surface area contributed by atoms with E-state index in [1.54, 1.807) is 13.8 Å². The predicted octanol–water partition coefficient (Wildman–Crippen LogP) is 2.47. The number of hydrogen-bond acceptors (Lipinski definition) is 10. The maximum absolute atomic E-state index is 14.1. The zero-order valence-electron chi connectivity index (χ0n) is 32.1. The van der Waals surface area contributed by atoms with E-state index in [0.29, 0.717) is 58.9 Å². The second-order valence-corrected chi connectivity index (χ2v) is 14.7. The third-order valence-electron chi connectivity index (χ3n) is 9.27. The third-order valence-corrected chi connectivity index (χ3v) is 9.27. The first-order valence-electron chi connectivity index (χ1n) is 18.9. The summed E-state index contributed by atoms with van der Waals surface area (Å²) >= 11 is 0. The average Bonchev–Trinajstić information content (AvgIpc) is 3.05. The van der Waals surface area contributed by atoms with Crippen molar-refractivity contribution in [3.63, 3.8) is 0 Å². The minimum atomic E-state index is -0.991. The number of ketones is 3. The highest BCUT2D eigenvalue weighted by molar-refractivity contribution is 5.93. The number of nitrogens with two attached hydrogens (primary N) is 2. The monoisotopic (exact) mass is 696 g/mol. The van der Waals surface area contributed by atoms with Crippen LogP contribution in [0.2, 0.25) is 0 Å². The van der Waals surface area contributed by atoms with Gasteiger partial charge in [-0.1, -0.05) is 67.7 Å². The molecule has 0 aliphatic carbocycles. The summed E-state index contributed by atoms with van der Waals surface area (Å²) < 4.78 is 0. The van der Waals surface area contributed by atoms with E-state index in [4.69, 9.17) is 11.5 Å². The van der Waals surface area contributed by atoms with Gasteiger partial charge in [0.05, 0.1) is 6.54 Å². The molecule has 0 aromatic carbocycles. The van der Waals surface area contributed by atoms with Crippen LogP contribution < -0.4 is 38.1 Å². The summed E-state index contributed by atoms with van der Waals surface area (Å²) in [5.41, 5.74) is 9.27. The van der Waals surface area contributed by atoms with E-state index in [1.165, 1.54) is 0 Å². The molecule has 12 nitrogen and oxygen atoms in total. The first-order chi connectivity index (χ1) is 23.2. The van der Waals surface area contributed by atoms with Crippen LogP contribution in [0.3, 0.4) is 0 Å². The molecule has 9 N–H and O–H groups in total. The second kappa shape index (κ2) is 26.5. The zero-order valence-corrected chi connectivity index (χ0v) is 32.1. The average molecular weight is 696 g/mol. The molecule has 0 saturated carbocycles. The van der Waals surface area contributed by atoms with Gasteiger partial charge in [-0.25, -0.2) is 0 Å². The second-order valence-electron chi connectivity index (χ2n) is 14.7. The normalized spacial score (nSPS) is 13.8. The topological polar surface area (TPSA) is 198 Å². The lowest BCUT2D eigenvalue weighted by Gasteiger charge is -2.33. The molecule has 0 spiro atoms. The van der Waals surface area contributed by atoms with Crippen LogP contribution in [0, 0.1) is 28.6 Å². The van der Waals surface area contributed by atoms with Gasteiger partial charge in [0.2, 0.25) is 11.8 Å². The standard InChI is InChI=1S/C37H73N7O5/c1-8-11-13-28(10-3)34(48)37(6,7)26-30(35(49)44-22-20-41-18-15-39)23-32(46)36(4,5)25-29(31(45)27-42-16-12-9-2)24-33(47)43-21-19-40-17-14-38/h28-30,40-42H,8-27,38-39H2,1-7H3,(H,43,47)(H,44,49). The van der Waals surface area contributed by atoms with Crippen molar-refractivity contribution < 1.29 is 24.0 Å². The molecule has 49 heavy (non-hydrogen) atoms. The van der Waals surface area contributed by atoms with Gasteiger partial charge < -0.3 is 38.1 Å². The molecule has 3 atom stereocenters. The molecule has 0 aromatic rings. The lowest BCUT2D eigenvalue weighted by molar-refractivity contribution is -0.139. The van der Waals surface area contributed by atoms with E-state index >= 15 is 0 Å². The largest absolute Gasteiger partial charge is 0.355 e. The number of carbonyl (C=O) groups excluding carboxylic acids is 5. The first-order valence-corrected chi connectivity index (χ1v) is 18.9. The number of carbonyl (C=O) groups is 5. The molecule has 0 rings (SSSR count). The SMILES string of the molecule is CCCCNCC(=O)C(CC(=O)NCCNCCN)CC(C)(C)C(=O)CC(CC(C)(C)C(=O)C(CC)CCCC)C(=O)NCCNCCN. The Hall–Kier alpha value is -2.25. The van der Waals surface area contributed by atoms with Gasteiger partial charge in [0.25, 0.3) is 0 Å². The highest BCUT2D eigenvalue weighted by Gasteiger charge is 2.40. The van der Waals surface area contributed by atoms with Crippen LogP contribution >= 0.6 is 0 Å². The van der Waals surface area contributed by atoms with E-state index in [-0.39, 0.29) is 67.3 Å². The molecule has 12 heteroatoms. The zero-order chi connectivity index (χ0) is 37.3. The third kappa shape index (κ3) is 20.3. The number of amides is 2. The van der Waals surface area contributed by atoms with E-state index in [0.717, 1.165) is 38.5 Å². The van der Waals surface area contributed by atoms with E-state index < -0.39 is 22.7 Å². The van der Waals surface area contributed by atoms with Crippen molar-refractivity contribution in [3.05, 3.63) is 0 Å². The fourth-order valence-corrected chi connectivity index (χ4v) is 6.14. The Balaban J connectivity index is 6.00. The van der Waals surface area contributed by atoms with Crippen molar-refractivity contribution in [2.45, 2.75) is 113 Å². The fourth-order valence-electron chi connectivity index (χ4n) is 6.14. The molecular weight excluding hydrogens is 622 g/mol. The number of unbranched alkanes of at least 4 members (excludes halogenated alkanes) is 2. The lowest BCUT2D eigenvalue weighted by Crippen LogP contribution is -2.43. The molecule has 3 unspecified atom stereocenters. The summed E-state index contributed by atoms with van der Waals surface area (Å²) in [6.07, 6.45) is 5.76. The number of nitrogens with one attached hydrogen (secondary N) is 5. The van der Waals surface area contributed by atoms with Crippen LogP contribution in [0.1, 0.15) is 113 Å². The summed E-state index contributed by atoms with van der Waals surface area (Å²) in [4.78, 5) is 67.7. The highest BCUT2D eigenvalue weighted by Crippen LogP contribution is 2.37. The summed E-state index contributed by atoms with van der Waals surface area (Å²) in [5.74, 6) is -2.16. The van der Waals surface area contributed by atoms with Crippen LogP contribution in [-0.4, -0.2) is 94.6 Å². The summed E-state index contributed by atoms with van der Waals surface area (Å²) in [6, 6.07) is 0. The lowest BCUT2D eigenvalue weighted by atomic mass is 9.70. The van der Waals surface area contributed by atoms with Gasteiger partial charge in [-0.3, -0.25) is 24.0 Å². The number of Topliss-reactive ketones (excluding diaryl/α,β-unsaturated/α-hetero) is 3. The Kier molecular flexibility index (Phi) is 25.3. The molecular formula is C37H73N7O5. The van der Waals surface area contributed by atoms with Gasteiger partial charge in [0.15, 0.2) is 0 Å². The van der Waals surface area contributed by atoms with Gasteiger partial charge in [-0.2, -0.15) is 0 Å². The van der Waals surface area contributed by atoms with E-state index in [9.17, 15) is 24.0 Å². The van der Waals surface area contributed by atoms with Gasteiger partial charge in [0, 0.05) is 93.8 Å². The molecule has 0 aliphatic rings. The quantitative estimate of drug-likeness (QED) is 0.0514. The molecule has 2 amide bonds. The van der Waals surface area contributed by atoms with Crippen LogP contribution in [0.5, 0.6) is 0 Å². The summed E-state index contributed by atoms with van der Waals surface area (Å²) in [7, 11) is 0. The molecule has 286 valence electrons. The predicted molar refractivity (Wildman–Crippen MR) is 199 cm³/mol. The fraction of sp³-hybridized carbons (Fsp3) is 0.865. The Labute approximate surface area is 297 Å². The van der Waals surface area contributed by atoms with Crippen molar-refractivity contribution in [3.8, 4) is 0 Å². The molecule has 0 aromatic heterocycles. The van der Waals surface area contributed by atoms with Crippen LogP contribution in [0.25, 0.3) is 0 Å². The maximum Gasteiger partial charge on any atom is 0.223 e. The van der Waals surface area contributed by atoms with Crippen LogP contribution in [-0.2, 0) is 24.0 Å². The molecule has 0 aliphatic heterocycles. The summed E-state index contributed by atoms with van der Waals surface area (Å²) in [5, 5.41) is 15.3. The molecule has 0 radical (unpaired) electrons. The summed E-state index contributed by atoms with van der Waals surface area (Å²) in [6.45, 7) is 18.5. The van der Waals surface area contributed by atoms with Crippen molar-refractivity contribution in [1.29, 1.82) is 0 Å². The van der Waals surface area contributed by atoms with Gasteiger partial charge in [-0.15, -0.1) is 0 Å². The molecule has 0 fully saturated rings. The number of hydrogen-bond donors (Lipinski definition) is 7. The molecule has 0 saturated heterocycles. The van der Waals surface area contributed by atoms with Crippen molar-refractivity contribution in [1.82, 2.24) is 26.6 Å². The van der Waals surface area contributed by atoms with Crippen molar-refractivity contribution in [2.24, 2.45) is 40.1 Å². The Morgan fingerprint density at radius 2 is 1.18 bits per heavy atom. The van der Waals surface area contributed by atoms with Crippen molar-refractivity contribution in [2.75, 3.05) is 65.4 Å². The minimum absolute atomic E-state index is 0.0285. The van der Waals surface area contributed by atoms with Crippen LogP contribution in [0.4, 0.5) is 0 Å². The van der Waals surface area contributed by atoms with Crippen molar-refractivity contribution >= 4 is 29.2 Å². The van der Waals surface area contributed by atoms with Gasteiger partial charge in [-0.05, 0) is 38.6 Å². The Morgan fingerprint density at radius 3 is 1.73 bits per heavy atom. The van der Waals surface area contributed by atoms with Gasteiger partial charge in [0.1, 0.15) is 17.3 Å². The Bertz CT molecular complexity index is 973. The van der Waals surface area contributed by atoms with E-state index in [1.807, 2.05) is 20.8 Å². The van der Waals surface area contributed by atoms with E-state index in [2.05, 4.69) is 40.4 Å². The smallest absolute Gasteiger partial charge is 0.223 e. The molecule has 0 heterocycles. The Morgan fingerprint density at radius 1 is 0.612 bits per heavy atom.